The largest absolute Gasteiger partial charge is 0.361 e. The molecule has 0 saturated heterocycles. The Bertz CT molecular complexity index is 331. The number of nitrogens with one attached hydrogen (secondary N) is 2. The Balaban J connectivity index is 1.55. The zero-order valence-corrected chi connectivity index (χ0v) is 10.8. The van der Waals surface area contributed by atoms with E-state index in [1.165, 1.54) is 12.8 Å². The van der Waals surface area contributed by atoms with Gasteiger partial charge in [-0.2, -0.15) is 0 Å². The number of nitrogens with zero attached hydrogens (tertiary/aromatic N) is 1. The van der Waals surface area contributed by atoms with Gasteiger partial charge in [0.25, 0.3) is 0 Å². The second-order valence-corrected chi connectivity index (χ2v) is 5.13. The third-order valence-corrected chi connectivity index (χ3v) is 2.95. The normalized spacial score (nSPS) is 15.7. The van der Waals surface area contributed by atoms with Crippen LogP contribution in [0.3, 0.4) is 0 Å². The van der Waals surface area contributed by atoms with Gasteiger partial charge in [0.05, 0.1) is 5.69 Å². The number of rotatable bonds is 8. The van der Waals surface area contributed by atoms with Crippen molar-refractivity contribution in [2.45, 2.75) is 51.6 Å². The summed E-state index contributed by atoms with van der Waals surface area (Å²) in [6.07, 6.45) is 3.68. The SMILES string of the molecule is CC(C)NCCCNCc1cc(C2CC2)on1. The zero-order valence-electron chi connectivity index (χ0n) is 10.8. The lowest BCUT2D eigenvalue weighted by Gasteiger charge is -2.07. The van der Waals surface area contributed by atoms with Crippen LogP contribution in [0.5, 0.6) is 0 Å². The fourth-order valence-corrected chi connectivity index (χ4v) is 1.79. The van der Waals surface area contributed by atoms with Crippen LogP contribution in [0.2, 0.25) is 0 Å². The second kappa shape index (κ2) is 6.17. The summed E-state index contributed by atoms with van der Waals surface area (Å²) in [7, 11) is 0. The van der Waals surface area contributed by atoms with E-state index < -0.39 is 0 Å². The average molecular weight is 237 g/mol. The molecule has 1 aromatic heterocycles. The van der Waals surface area contributed by atoms with Crippen LogP contribution in [-0.4, -0.2) is 24.3 Å². The van der Waals surface area contributed by atoms with Crippen LogP contribution >= 0.6 is 0 Å². The Labute approximate surface area is 103 Å². The molecule has 96 valence electrons. The maximum absolute atomic E-state index is 5.30. The maximum Gasteiger partial charge on any atom is 0.140 e. The lowest BCUT2D eigenvalue weighted by atomic mass is 10.3. The first-order chi connectivity index (χ1) is 8.25. The van der Waals surface area contributed by atoms with E-state index >= 15 is 0 Å². The summed E-state index contributed by atoms with van der Waals surface area (Å²) < 4.78 is 5.30. The van der Waals surface area contributed by atoms with E-state index in [1.807, 2.05) is 0 Å². The van der Waals surface area contributed by atoms with Gasteiger partial charge in [-0.15, -0.1) is 0 Å². The Morgan fingerprint density at radius 1 is 1.41 bits per heavy atom. The monoisotopic (exact) mass is 237 g/mol. The lowest BCUT2D eigenvalue weighted by Crippen LogP contribution is -2.26. The number of aromatic nitrogens is 1. The van der Waals surface area contributed by atoms with Crippen molar-refractivity contribution in [3.05, 3.63) is 17.5 Å². The number of hydrogen-bond acceptors (Lipinski definition) is 4. The summed E-state index contributed by atoms with van der Waals surface area (Å²) >= 11 is 0. The number of hydrogen-bond donors (Lipinski definition) is 2. The van der Waals surface area contributed by atoms with Crippen molar-refractivity contribution in [1.82, 2.24) is 15.8 Å². The van der Waals surface area contributed by atoms with Crippen molar-refractivity contribution >= 4 is 0 Å². The molecule has 17 heavy (non-hydrogen) atoms. The minimum Gasteiger partial charge on any atom is -0.361 e. The summed E-state index contributed by atoms with van der Waals surface area (Å²) in [6.45, 7) is 7.24. The lowest BCUT2D eigenvalue weighted by molar-refractivity contribution is 0.376. The van der Waals surface area contributed by atoms with Gasteiger partial charge in [0.2, 0.25) is 0 Å². The summed E-state index contributed by atoms with van der Waals surface area (Å²) in [5.74, 6) is 1.73. The van der Waals surface area contributed by atoms with Gasteiger partial charge in [0.1, 0.15) is 5.76 Å². The van der Waals surface area contributed by atoms with E-state index in [4.69, 9.17) is 4.52 Å². The molecular weight excluding hydrogens is 214 g/mol. The van der Waals surface area contributed by atoms with Crippen molar-refractivity contribution in [2.24, 2.45) is 0 Å². The maximum atomic E-state index is 5.30. The van der Waals surface area contributed by atoms with Crippen LogP contribution in [0.1, 0.15) is 50.5 Å². The molecule has 2 rings (SSSR count). The van der Waals surface area contributed by atoms with Crippen LogP contribution in [0.15, 0.2) is 10.6 Å². The molecule has 4 heteroatoms. The predicted molar refractivity (Wildman–Crippen MR) is 67.9 cm³/mol. The van der Waals surface area contributed by atoms with Gasteiger partial charge < -0.3 is 15.2 Å². The highest BCUT2D eigenvalue weighted by Crippen LogP contribution is 2.40. The molecular formula is C13H23N3O. The van der Waals surface area contributed by atoms with Crippen LogP contribution in [0.4, 0.5) is 0 Å². The van der Waals surface area contributed by atoms with Gasteiger partial charge in [-0.25, -0.2) is 0 Å². The summed E-state index contributed by atoms with van der Waals surface area (Å²) in [4.78, 5) is 0. The summed E-state index contributed by atoms with van der Waals surface area (Å²) in [6, 6.07) is 2.67. The smallest absolute Gasteiger partial charge is 0.140 e. The van der Waals surface area contributed by atoms with E-state index in [0.29, 0.717) is 12.0 Å². The molecule has 1 fully saturated rings. The molecule has 1 heterocycles. The fraction of sp³-hybridized carbons (Fsp3) is 0.769. The van der Waals surface area contributed by atoms with Crippen molar-refractivity contribution in [3.8, 4) is 0 Å². The molecule has 0 radical (unpaired) electrons. The molecule has 0 atom stereocenters. The van der Waals surface area contributed by atoms with E-state index in [1.54, 1.807) is 0 Å². The Morgan fingerprint density at radius 2 is 2.24 bits per heavy atom. The van der Waals surface area contributed by atoms with E-state index in [2.05, 4.69) is 35.7 Å². The van der Waals surface area contributed by atoms with Crippen molar-refractivity contribution in [3.63, 3.8) is 0 Å². The van der Waals surface area contributed by atoms with Crippen LogP contribution in [-0.2, 0) is 6.54 Å². The Morgan fingerprint density at radius 3 is 2.94 bits per heavy atom. The van der Waals surface area contributed by atoms with Crippen LogP contribution in [0.25, 0.3) is 0 Å². The highest BCUT2D eigenvalue weighted by atomic mass is 16.5. The van der Waals surface area contributed by atoms with Crippen molar-refractivity contribution in [2.75, 3.05) is 13.1 Å². The quantitative estimate of drug-likeness (QED) is 0.679. The standard InChI is InChI=1S/C13H23N3O/c1-10(2)15-7-3-6-14-9-12-8-13(17-16-12)11-4-5-11/h8,10-11,14-15H,3-7,9H2,1-2H3. The Kier molecular flexibility index (Phi) is 4.57. The summed E-state index contributed by atoms with van der Waals surface area (Å²) in [5, 5.41) is 10.9. The third kappa shape index (κ3) is 4.48. The first-order valence-corrected chi connectivity index (χ1v) is 6.65. The van der Waals surface area contributed by atoms with Crippen LogP contribution < -0.4 is 10.6 Å². The minimum absolute atomic E-state index is 0.576. The van der Waals surface area contributed by atoms with Crippen molar-refractivity contribution < 1.29 is 4.52 Å². The predicted octanol–water partition coefficient (Wildman–Crippen LogP) is 2.03. The average Bonchev–Trinajstić information content (AvgIpc) is 3.04. The first kappa shape index (κ1) is 12.6. The van der Waals surface area contributed by atoms with Crippen molar-refractivity contribution in [1.29, 1.82) is 0 Å². The van der Waals surface area contributed by atoms with Gasteiger partial charge in [-0.05, 0) is 32.4 Å². The second-order valence-electron chi connectivity index (χ2n) is 5.13. The molecule has 0 aliphatic heterocycles. The first-order valence-electron chi connectivity index (χ1n) is 6.65. The molecule has 0 bridgehead atoms. The topological polar surface area (TPSA) is 50.1 Å². The van der Waals surface area contributed by atoms with E-state index in [-0.39, 0.29) is 0 Å². The van der Waals surface area contributed by atoms with Gasteiger partial charge >= 0.3 is 0 Å². The van der Waals surface area contributed by atoms with E-state index in [0.717, 1.165) is 37.5 Å². The zero-order chi connectivity index (χ0) is 12.1. The van der Waals surface area contributed by atoms with Crippen LogP contribution in [0, 0.1) is 0 Å². The molecule has 0 unspecified atom stereocenters. The molecule has 2 N–H and O–H groups in total. The fourth-order valence-electron chi connectivity index (χ4n) is 1.79. The highest BCUT2D eigenvalue weighted by Gasteiger charge is 2.27. The molecule has 1 saturated carbocycles. The van der Waals surface area contributed by atoms with Gasteiger partial charge in [0.15, 0.2) is 0 Å². The van der Waals surface area contributed by atoms with E-state index in [9.17, 15) is 0 Å². The minimum atomic E-state index is 0.576. The Hall–Kier alpha value is -0.870. The molecule has 1 aliphatic rings. The molecule has 1 aliphatic carbocycles. The highest BCUT2D eigenvalue weighted by molar-refractivity contribution is 5.14. The molecule has 0 aromatic carbocycles. The molecule has 0 spiro atoms. The van der Waals surface area contributed by atoms with Gasteiger partial charge in [-0.3, -0.25) is 0 Å². The summed E-state index contributed by atoms with van der Waals surface area (Å²) in [5.41, 5.74) is 1.03. The molecule has 0 amide bonds. The van der Waals surface area contributed by atoms with Gasteiger partial charge in [-0.1, -0.05) is 19.0 Å². The molecule has 1 aromatic rings. The molecule has 4 nitrogen and oxygen atoms in total. The third-order valence-electron chi connectivity index (χ3n) is 2.95. The van der Waals surface area contributed by atoms with Gasteiger partial charge in [0, 0.05) is 24.6 Å².